The summed E-state index contributed by atoms with van der Waals surface area (Å²) in [6.07, 6.45) is 0. The molecule has 0 unspecified atom stereocenters. The molecule has 0 fully saturated rings. The van der Waals surface area contributed by atoms with Crippen molar-refractivity contribution < 1.29 is 9.53 Å². The number of methoxy groups -OCH3 is 1. The first-order valence-electron chi connectivity index (χ1n) is 2.61. The molecular weight excluding hydrogens is 118 g/mol. The van der Waals surface area contributed by atoms with Gasteiger partial charge in [0.15, 0.2) is 11.7 Å². The molecule has 0 rings (SSSR count). The fraction of sp³-hybridized carbons (Fsp3) is 0.500. The summed E-state index contributed by atoms with van der Waals surface area (Å²) < 4.78 is 4.61. The van der Waals surface area contributed by atoms with Gasteiger partial charge in [0, 0.05) is 0 Å². The van der Waals surface area contributed by atoms with Crippen LogP contribution in [0.5, 0.6) is 0 Å². The Morgan fingerprint density at radius 1 is 1.44 bits per heavy atom. The van der Waals surface area contributed by atoms with Gasteiger partial charge in [0.25, 0.3) is 0 Å². The number of rotatable bonds is 2. The number of hydrogen-bond acceptors (Lipinski definition) is 3. The average molecular weight is 129 g/mol. The zero-order valence-corrected chi connectivity index (χ0v) is 5.89. The average Bonchev–Trinajstić information content (AvgIpc) is 1.84. The Hall–Kier alpha value is -0.990. The summed E-state index contributed by atoms with van der Waals surface area (Å²) in [7, 11) is 1.43. The van der Waals surface area contributed by atoms with Crippen molar-refractivity contribution in [1.29, 1.82) is 0 Å². The lowest BCUT2D eigenvalue weighted by Gasteiger charge is -2.00. The predicted molar refractivity (Wildman–Crippen MR) is 34.6 cm³/mol. The van der Waals surface area contributed by atoms with Crippen molar-refractivity contribution in [2.24, 2.45) is 5.73 Å². The van der Waals surface area contributed by atoms with Gasteiger partial charge in [0.1, 0.15) is 0 Å². The number of nitrogens with two attached hydrogens (primary N) is 1. The summed E-state index contributed by atoms with van der Waals surface area (Å²) in [5, 5.41) is 0. The molecular formula is C6H11NO2. The van der Waals surface area contributed by atoms with Gasteiger partial charge in [0.2, 0.25) is 0 Å². The van der Waals surface area contributed by atoms with Crippen LogP contribution in [0.3, 0.4) is 0 Å². The second-order valence-corrected chi connectivity index (χ2v) is 1.75. The van der Waals surface area contributed by atoms with Crippen molar-refractivity contribution >= 4 is 5.78 Å². The number of ketones is 1. The number of allylic oxidation sites excluding steroid dienone is 1. The van der Waals surface area contributed by atoms with Crippen molar-refractivity contribution in [3.8, 4) is 0 Å². The Balaban J connectivity index is 4.28. The minimum atomic E-state index is -0.0608. The van der Waals surface area contributed by atoms with E-state index in [1.54, 1.807) is 6.92 Å². The molecule has 0 spiro atoms. The van der Waals surface area contributed by atoms with E-state index in [-0.39, 0.29) is 11.7 Å². The SMILES string of the molecule is COC(N)=C(C)C(C)=O. The Bertz CT molecular complexity index is 149. The molecule has 0 aliphatic heterocycles. The summed E-state index contributed by atoms with van der Waals surface area (Å²) in [4.78, 5) is 10.5. The highest BCUT2D eigenvalue weighted by atomic mass is 16.5. The summed E-state index contributed by atoms with van der Waals surface area (Å²) in [5.74, 6) is 0.136. The maximum absolute atomic E-state index is 10.5. The summed E-state index contributed by atoms with van der Waals surface area (Å²) in [6, 6.07) is 0. The lowest BCUT2D eigenvalue weighted by atomic mass is 10.2. The van der Waals surface area contributed by atoms with Crippen molar-refractivity contribution in [2.75, 3.05) is 7.11 Å². The van der Waals surface area contributed by atoms with Crippen molar-refractivity contribution in [3.05, 3.63) is 11.5 Å². The van der Waals surface area contributed by atoms with Gasteiger partial charge in [-0.15, -0.1) is 0 Å². The smallest absolute Gasteiger partial charge is 0.190 e. The zero-order chi connectivity index (χ0) is 7.44. The third kappa shape index (κ3) is 2.17. The molecule has 0 amide bonds. The van der Waals surface area contributed by atoms with Crippen LogP contribution < -0.4 is 5.73 Å². The van der Waals surface area contributed by atoms with Gasteiger partial charge in [-0.1, -0.05) is 0 Å². The first-order chi connectivity index (χ1) is 4.09. The molecule has 0 radical (unpaired) electrons. The van der Waals surface area contributed by atoms with Crippen LogP contribution in [0.4, 0.5) is 0 Å². The molecule has 0 saturated heterocycles. The molecule has 0 aromatic heterocycles. The molecule has 2 N–H and O–H groups in total. The zero-order valence-electron chi connectivity index (χ0n) is 5.89. The molecule has 3 heteroatoms. The van der Waals surface area contributed by atoms with Crippen LogP contribution in [-0.2, 0) is 9.53 Å². The summed E-state index contributed by atoms with van der Waals surface area (Å²) in [6.45, 7) is 3.07. The standard InChI is InChI=1S/C6H11NO2/c1-4(5(2)8)6(7)9-3/h7H2,1-3H3. The third-order valence-electron chi connectivity index (χ3n) is 1.12. The molecule has 3 nitrogen and oxygen atoms in total. The van der Waals surface area contributed by atoms with Crippen LogP contribution >= 0.6 is 0 Å². The van der Waals surface area contributed by atoms with Crippen LogP contribution in [0, 0.1) is 0 Å². The second kappa shape index (κ2) is 3.12. The highest BCUT2D eigenvalue weighted by Crippen LogP contribution is 1.98. The highest BCUT2D eigenvalue weighted by molar-refractivity contribution is 5.92. The van der Waals surface area contributed by atoms with E-state index in [9.17, 15) is 4.79 Å². The topological polar surface area (TPSA) is 52.3 Å². The van der Waals surface area contributed by atoms with Gasteiger partial charge in [-0.05, 0) is 13.8 Å². The molecule has 9 heavy (non-hydrogen) atoms. The lowest BCUT2D eigenvalue weighted by Crippen LogP contribution is -2.07. The number of hydrogen-bond donors (Lipinski definition) is 1. The maximum Gasteiger partial charge on any atom is 0.190 e. The van der Waals surface area contributed by atoms with Gasteiger partial charge < -0.3 is 10.5 Å². The second-order valence-electron chi connectivity index (χ2n) is 1.75. The van der Waals surface area contributed by atoms with Crippen LogP contribution in [0.2, 0.25) is 0 Å². The normalized spacial score (nSPS) is 12.3. The first-order valence-corrected chi connectivity index (χ1v) is 2.61. The minimum Gasteiger partial charge on any atom is -0.482 e. The maximum atomic E-state index is 10.5. The summed E-state index contributed by atoms with van der Waals surface area (Å²) in [5.41, 5.74) is 5.72. The van der Waals surface area contributed by atoms with Crippen LogP contribution in [0.15, 0.2) is 11.5 Å². The quantitative estimate of drug-likeness (QED) is 0.434. The minimum absolute atomic E-state index is 0.0608. The molecule has 0 heterocycles. The van der Waals surface area contributed by atoms with E-state index in [0.717, 1.165) is 0 Å². The fourth-order valence-corrected chi connectivity index (χ4v) is 0.327. The fourth-order valence-electron chi connectivity index (χ4n) is 0.327. The Morgan fingerprint density at radius 2 is 1.89 bits per heavy atom. The first kappa shape index (κ1) is 8.01. The summed E-state index contributed by atoms with van der Waals surface area (Å²) >= 11 is 0. The van der Waals surface area contributed by atoms with Crippen molar-refractivity contribution in [3.63, 3.8) is 0 Å². The van der Waals surface area contributed by atoms with E-state index < -0.39 is 0 Å². The Kier molecular flexibility index (Phi) is 2.78. The van der Waals surface area contributed by atoms with E-state index in [2.05, 4.69) is 4.74 Å². The van der Waals surface area contributed by atoms with Gasteiger partial charge in [-0.25, -0.2) is 0 Å². The molecule has 0 bridgehead atoms. The number of carbonyl (C=O) groups is 1. The van der Waals surface area contributed by atoms with Crippen molar-refractivity contribution in [1.82, 2.24) is 0 Å². The molecule has 0 atom stereocenters. The van der Waals surface area contributed by atoms with E-state index in [1.165, 1.54) is 14.0 Å². The van der Waals surface area contributed by atoms with Gasteiger partial charge >= 0.3 is 0 Å². The van der Waals surface area contributed by atoms with Gasteiger partial charge in [-0.2, -0.15) is 0 Å². The van der Waals surface area contributed by atoms with Gasteiger partial charge in [-0.3, -0.25) is 4.79 Å². The van der Waals surface area contributed by atoms with Crippen LogP contribution in [0.25, 0.3) is 0 Å². The molecule has 0 aliphatic rings. The monoisotopic (exact) mass is 129 g/mol. The Labute approximate surface area is 54.5 Å². The van der Waals surface area contributed by atoms with Crippen LogP contribution in [0.1, 0.15) is 13.8 Å². The van der Waals surface area contributed by atoms with Gasteiger partial charge in [0.05, 0.1) is 12.7 Å². The number of Topliss-reactive ketones (excluding diaryl/α,β-unsaturated/α-hetero) is 1. The molecule has 52 valence electrons. The molecule has 0 aromatic rings. The van der Waals surface area contributed by atoms with Crippen LogP contribution in [-0.4, -0.2) is 12.9 Å². The largest absolute Gasteiger partial charge is 0.482 e. The molecule has 0 aliphatic carbocycles. The van der Waals surface area contributed by atoms with E-state index >= 15 is 0 Å². The Morgan fingerprint density at radius 3 is 2.00 bits per heavy atom. The lowest BCUT2D eigenvalue weighted by molar-refractivity contribution is -0.113. The number of carbonyl (C=O) groups excluding carboxylic acids is 1. The van der Waals surface area contributed by atoms with E-state index in [0.29, 0.717) is 5.57 Å². The predicted octanol–water partition coefficient (Wildman–Crippen LogP) is 0.412. The molecule has 0 saturated carbocycles. The third-order valence-corrected chi connectivity index (χ3v) is 1.12. The number of ether oxygens (including phenoxy) is 1. The molecule has 0 aromatic carbocycles. The van der Waals surface area contributed by atoms with E-state index in [1.807, 2.05) is 0 Å². The van der Waals surface area contributed by atoms with E-state index in [4.69, 9.17) is 5.73 Å². The van der Waals surface area contributed by atoms with Crippen molar-refractivity contribution in [2.45, 2.75) is 13.8 Å². The highest BCUT2D eigenvalue weighted by Gasteiger charge is 2.01.